The summed E-state index contributed by atoms with van der Waals surface area (Å²) in [5.41, 5.74) is 2.48. The number of hydrogen-bond acceptors (Lipinski definition) is 7. The Bertz CT molecular complexity index is 1490. The zero-order valence-electron chi connectivity index (χ0n) is 21.6. The molecular weight excluding hydrogens is 516 g/mol. The molecule has 0 spiro atoms. The monoisotopic (exact) mass is 546 g/mol. The lowest BCUT2D eigenvalue weighted by Crippen LogP contribution is -2.28. The predicted molar refractivity (Wildman–Crippen MR) is 154 cm³/mol. The minimum atomic E-state index is -0.759. The van der Waals surface area contributed by atoms with Gasteiger partial charge in [0, 0.05) is 10.4 Å². The molecule has 2 aromatic carbocycles. The van der Waals surface area contributed by atoms with Crippen LogP contribution in [-0.4, -0.2) is 28.4 Å². The maximum atomic E-state index is 13.4. The van der Waals surface area contributed by atoms with Gasteiger partial charge in [0.15, 0.2) is 5.13 Å². The lowest BCUT2D eigenvalue weighted by Gasteiger charge is -2.21. The molecule has 0 aliphatic carbocycles. The van der Waals surface area contributed by atoms with Crippen LogP contribution in [0.4, 0.5) is 5.13 Å². The van der Waals surface area contributed by atoms with Gasteiger partial charge >= 0.3 is 5.91 Å². The Hall–Kier alpha value is -3.49. The summed E-state index contributed by atoms with van der Waals surface area (Å²) in [6.45, 7) is 7.03. The van der Waals surface area contributed by atoms with E-state index in [4.69, 9.17) is 9.72 Å². The number of hydrogen-bond donors (Lipinski definition) is 1. The zero-order chi connectivity index (χ0) is 26.8. The minimum absolute atomic E-state index is 0.0659. The van der Waals surface area contributed by atoms with Gasteiger partial charge in [-0.2, -0.15) is 0 Å². The number of Topliss-reactive ketones (excluding diaryl/α,β-unsaturated/α-hetero) is 1. The number of thiophene rings is 1. The zero-order valence-corrected chi connectivity index (χ0v) is 23.3. The van der Waals surface area contributed by atoms with Gasteiger partial charge < -0.3 is 9.84 Å². The molecule has 2 aromatic heterocycles. The number of ether oxygens (including phenoxy) is 1. The molecule has 196 valence electrons. The van der Waals surface area contributed by atoms with E-state index in [0.717, 1.165) is 34.4 Å². The first kappa shape index (κ1) is 26.1. The number of benzene rings is 2. The first-order valence-corrected chi connectivity index (χ1v) is 14.6. The minimum Gasteiger partial charge on any atom is -0.507 e. The van der Waals surface area contributed by atoms with Crippen LogP contribution >= 0.6 is 22.7 Å². The molecule has 1 atom stereocenters. The number of unbranched alkanes of at least 4 members (excludes halogenated alkanes) is 2. The Labute approximate surface area is 230 Å². The summed E-state index contributed by atoms with van der Waals surface area (Å²) in [4.78, 5) is 33.7. The third kappa shape index (κ3) is 4.98. The van der Waals surface area contributed by atoms with Gasteiger partial charge in [-0.3, -0.25) is 14.5 Å². The van der Waals surface area contributed by atoms with E-state index in [2.05, 4.69) is 26.8 Å². The standard InChI is InChI=1S/C30H30N2O4S2/c1-4-5-6-15-36-21-12-9-19(10-13-21)27(33)25-26(23-8-7-16-37-23)32(29(35)28(25)34)30-31-22-14-11-20(18(2)3)17-24(22)38-30/h7-14,16-18,26,33H,4-6,15H2,1-3H3/b27-25+. The Morgan fingerprint density at radius 3 is 2.58 bits per heavy atom. The maximum absolute atomic E-state index is 13.4. The number of anilines is 1. The number of aliphatic hydroxyl groups is 1. The molecule has 5 rings (SSSR count). The van der Waals surface area contributed by atoms with Crippen molar-refractivity contribution in [2.75, 3.05) is 11.5 Å². The molecule has 4 aromatic rings. The molecule has 1 N–H and O–H groups in total. The van der Waals surface area contributed by atoms with Crippen LogP contribution in [0.2, 0.25) is 0 Å². The van der Waals surface area contributed by atoms with Crippen molar-refractivity contribution in [2.24, 2.45) is 0 Å². The van der Waals surface area contributed by atoms with Crippen molar-refractivity contribution in [1.82, 2.24) is 4.98 Å². The fourth-order valence-corrected chi connectivity index (χ4v) is 6.41. The fourth-order valence-electron chi connectivity index (χ4n) is 4.54. The van der Waals surface area contributed by atoms with Gasteiger partial charge in [-0.25, -0.2) is 4.98 Å². The molecule has 1 fully saturated rings. The van der Waals surface area contributed by atoms with Crippen molar-refractivity contribution in [3.8, 4) is 5.75 Å². The van der Waals surface area contributed by atoms with Crippen LogP contribution in [-0.2, 0) is 9.59 Å². The number of ketones is 1. The SMILES string of the molecule is CCCCCOc1ccc(/C(O)=C2\C(=O)C(=O)N(c3nc4ccc(C(C)C)cc4s3)C2c2cccs2)cc1. The van der Waals surface area contributed by atoms with E-state index in [1.54, 1.807) is 24.3 Å². The van der Waals surface area contributed by atoms with E-state index in [1.165, 1.54) is 33.1 Å². The van der Waals surface area contributed by atoms with Crippen LogP contribution in [0.3, 0.4) is 0 Å². The third-order valence-corrected chi connectivity index (χ3v) is 8.62. The number of aliphatic hydroxyl groups excluding tert-OH is 1. The summed E-state index contributed by atoms with van der Waals surface area (Å²) in [6.07, 6.45) is 3.21. The molecule has 1 amide bonds. The highest BCUT2D eigenvalue weighted by Gasteiger charge is 2.48. The van der Waals surface area contributed by atoms with Crippen molar-refractivity contribution in [3.63, 3.8) is 0 Å². The lowest BCUT2D eigenvalue weighted by molar-refractivity contribution is -0.132. The molecule has 3 heterocycles. The summed E-state index contributed by atoms with van der Waals surface area (Å²) in [5, 5.41) is 13.7. The molecule has 38 heavy (non-hydrogen) atoms. The van der Waals surface area contributed by atoms with Crippen LogP contribution in [0.15, 0.2) is 65.6 Å². The van der Waals surface area contributed by atoms with Crippen LogP contribution < -0.4 is 9.64 Å². The quantitative estimate of drug-likeness (QED) is 0.101. The maximum Gasteiger partial charge on any atom is 0.301 e. The second-order valence-corrected chi connectivity index (χ2v) is 11.6. The second-order valence-electron chi connectivity index (χ2n) is 9.64. The van der Waals surface area contributed by atoms with Crippen molar-refractivity contribution >= 4 is 55.5 Å². The Kier molecular flexibility index (Phi) is 7.63. The Morgan fingerprint density at radius 2 is 1.89 bits per heavy atom. The van der Waals surface area contributed by atoms with Crippen LogP contribution in [0.25, 0.3) is 16.0 Å². The number of amides is 1. The molecule has 6 nitrogen and oxygen atoms in total. The smallest absolute Gasteiger partial charge is 0.301 e. The van der Waals surface area contributed by atoms with Crippen molar-refractivity contribution < 1.29 is 19.4 Å². The van der Waals surface area contributed by atoms with Gasteiger partial charge in [-0.05, 0) is 65.7 Å². The number of aromatic nitrogens is 1. The fraction of sp³-hybridized carbons (Fsp3) is 0.300. The molecule has 1 aliphatic heterocycles. The Balaban J connectivity index is 1.53. The summed E-state index contributed by atoms with van der Waals surface area (Å²) in [5.74, 6) is -0.557. The average Bonchev–Trinajstić information content (AvgIpc) is 3.65. The number of carbonyl (C=O) groups excluding carboxylic acids is 2. The summed E-state index contributed by atoms with van der Waals surface area (Å²) in [6, 6.07) is 16.1. The van der Waals surface area contributed by atoms with E-state index in [0.29, 0.717) is 29.0 Å². The van der Waals surface area contributed by atoms with Gasteiger partial charge in [0.2, 0.25) is 0 Å². The van der Waals surface area contributed by atoms with E-state index in [9.17, 15) is 14.7 Å². The third-order valence-electron chi connectivity index (χ3n) is 6.68. The van der Waals surface area contributed by atoms with Crippen LogP contribution in [0.1, 0.15) is 68.0 Å². The van der Waals surface area contributed by atoms with Crippen LogP contribution in [0.5, 0.6) is 5.75 Å². The molecule has 0 radical (unpaired) electrons. The highest BCUT2D eigenvalue weighted by molar-refractivity contribution is 7.22. The second kappa shape index (κ2) is 11.1. The molecule has 1 saturated heterocycles. The predicted octanol–water partition coefficient (Wildman–Crippen LogP) is 7.68. The van der Waals surface area contributed by atoms with Crippen molar-refractivity contribution in [2.45, 2.75) is 52.0 Å². The average molecular weight is 547 g/mol. The molecule has 0 bridgehead atoms. The van der Waals surface area contributed by atoms with Gasteiger partial charge in [-0.1, -0.05) is 57.1 Å². The molecular formula is C30H30N2O4S2. The van der Waals surface area contributed by atoms with Gasteiger partial charge in [-0.15, -0.1) is 11.3 Å². The normalized spacial score (nSPS) is 17.2. The van der Waals surface area contributed by atoms with Crippen molar-refractivity contribution in [3.05, 3.63) is 81.6 Å². The highest BCUT2D eigenvalue weighted by atomic mass is 32.1. The number of nitrogens with zero attached hydrogens (tertiary/aromatic N) is 2. The number of carbonyl (C=O) groups is 2. The van der Waals surface area contributed by atoms with Crippen molar-refractivity contribution in [1.29, 1.82) is 0 Å². The largest absolute Gasteiger partial charge is 0.507 e. The topological polar surface area (TPSA) is 79.7 Å². The summed E-state index contributed by atoms with van der Waals surface area (Å²) >= 11 is 2.81. The van der Waals surface area contributed by atoms with E-state index in [1.807, 2.05) is 29.6 Å². The van der Waals surface area contributed by atoms with Gasteiger partial charge in [0.05, 0.1) is 22.4 Å². The van der Waals surface area contributed by atoms with Gasteiger partial charge in [0.1, 0.15) is 17.6 Å². The highest BCUT2D eigenvalue weighted by Crippen LogP contribution is 2.45. The Morgan fingerprint density at radius 1 is 1.11 bits per heavy atom. The first-order valence-electron chi connectivity index (χ1n) is 12.9. The van der Waals surface area contributed by atoms with E-state index < -0.39 is 17.7 Å². The molecule has 8 heteroatoms. The lowest BCUT2D eigenvalue weighted by atomic mass is 10.00. The first-order chi connectivity index (χ1) is 18.4. The van der Waals surface area contributed by atoms with Gasteiger partial charge in [0.25, 0.3) is 5.78 Å². The molecule has 0 saturated carbocycles. The summed E-state index contributed by atoms with van der Waals surface area (Å²) in [7, 11) is 0. The van der Waals surface area contributed by atoms with Crippen LogP contribution in [0, 0.1) is 0 Å². The number of fused-ring (bicyclic) bond motifs is 1. The molecule has 1 aliphatic rings. The molecule has 1 unspecified atom stereocenters. The number of thiazole rings is 1. The summed E-state index contributed by atoms with van der Waals surface area (Å²) < 4.78 is 6.73. The number of rotatable bonds is 9. The van der Waals surface area contributed by atoms with E-state index >= 15 is 0 Å². The van der Waals surface area contributed by atoms with E-state index in [-0.39, 0.29) is 11.3 Å².